The van der Waals surface area contributed by atoms with Crippen molar-refractivity contribution >= 4 is 11.6 Å². The minimum Gasteiger partial charge on any atom is -0.467 e. The molecule has 2 aromatic heterocycles. The molecule has 0 N–H and O–H groups in total. The summed E-state index contributed by atoms with van der Waals surface area (Å²) < 4.78 is 7.39. The molecular formula is C23H29ClN6O. The Balaban J connectivity index is 1.39. The minimum absolute atomic E-state index is 0.0178. The van der Waals surface area contributed by atoms with E-state index in [-0.39, 0.29) is 6.04 Å². The number of benzene rings is 1. The molecule has 7 nitrogen and oxygen atoms in total. The highest BCUT2D eigenvalue weighted by atomic mass is 35.5. The molecule has 5 rings (SSSR count). The number of rotatable bonds is 6. The first-order chi connectivity index (χ1) is 15.3. The maximum absolute atomic E-state index is 6.18. The molecule has 2 fully saturated rings. The van der Waals surface area contributed by atoms with Gasteiger partial charge >= 0.3 is 0 Å². The fourth-order valence-corrected chi connectivity index (χ4v) is 5.17. The highest BCUT2D eigenvalue weighted by Gasteiger charge is 2.32. The van der Waals surface area contributed by atoms with E-state index in [4.69, 9.17) is 16.0 Å². The molecule has 31 heavy (non-hydrogen) atoms. The number of hydrogen-bond donors (Lipinski definition) is 0. The van der Waals surface area contributed by atoms with Crippen LogP contribution in [-0.2, 0) is 6.54 Å². The van der Waals surface area contributed by atoms with Crippen molar-refractivity contribution in [3.05, 3.63) is 64.8 Å². The summed E-state index contributed by atoms with van der Waals surface area (Å²) in [5.74, 6) is 1.68. The van der Waals surface area contributed by atoms with Crippen LogP contribution in [0.5, 0.6) is 0 Å². The molecule has 1 saturated carbocycles. The second-order valence-electron chi connectivity index (χ2n) is 8.59. The van der Waals surface area contributed by atoms with Crippen molar-refractivity contribution in [2.24, 2.45) is 0 Å². The van der Waals surface area contributed by atoms with Crippen LogP contribution in [0.2, 0.25) is 5.02 Å². The molecule has 0 unspecified atom stereocenters. The van der Waals surface area contributed by atoms with E-state index in [9.17, 15) is 0 Å². The summed E-state index contributed by atoms with van der Waals surface area (Å²) in [5, 5.41) is 13.5. The van der Waals surface area contributed by atoms with Crippen LogP contribution >= 0.6 is 11.6 Å². The van der Waals surface area contributed by atoms with Crippen molar-refractivity contribution in [1.82, 2.24) is 30.0 Å². The van der Waals surface area contributed by atoms with Gasteiger partial charge in [0.2, 0.25) is 0 Å². The second kappa shape index (κ2) is 9.51. The maximum Gasteiger partial charge on any atom is 0.173 e. The topological polar surface area (TPSA) is 63.2 Å². The van der Waals surface area contributed by atoms with Gasteiger partial charge in [-0.05, 0) is 53.1 Å². The van der Waals surface area contributed by atoms with Crippen LogP contribution in [0, 0.1) is 0 Å². The predicted octanol–water partition coefficient (Wildman–Crippen LogP) is 4.01. The van der Waals surface area contributed by atoms with Gasteiger partial charge in [0.15, 0.2) is 5.82 Å². The molecule has 0 amide bonds. The van der Waals surface area contributed by atoms with E-state index in [0.29, 0.717) is 6.54 Å². The molecule has 0 spiro atoms. The molecule has 1 saturated heterocycles. The largest absolute Gasteiger partial charge is 0.467 e. The summed E-state index contributed by atoms with van der Waals surface area (Å²) in [6, 6.07) is 12.7. The first-order valence-corrected chi connectivity index (χ1v) is 11.7. The molecule has 1 aliphatic carbocycles. The van der Waals surface area contributed by atoms with Crippen LogP contribution in [0.15, 0.2) is 47.1 Å². The molecule has 3 aromatic rings. The average Bonchev–Trinajstić information content (AvgIpc) is 3.49. The first kappa shape index (κ1) is 20.7. The first-order valence-electron chi connectivity index (χ1n) is 11.3. The van der Waals surface area contributed by atoms with Gasteiger partial charge in [-0.15, -0.1) is 5.10 Å². The molecule has 0 radical (unpaired) electrons. The number of furan rings is 1. The lowest BCUT2D eigenvalue weighted by molar-refractivity contribution is 0.0620. The highest BCUT2D eigenvalue weighted by Crippen LogP contribution is 2.31. The van der Waals surface area contributed by atoms with Crippen molar-refractivity contribution in [1.29, 1.82) is 0 Å². The number of tetrazole rings is 1. The summed E-state index contributed by atoms with van der Waals surface area (Å²) in [7, 11) is 0. The maximum atomic E-state index is 6.18. The summed E-state index contributed by atoms with van der Waals surface area (Å²) in [6.45, 7) is 4.69. The van der Waals surface area contributed by atoms with Crippen LogP contribution in [0.4, 0.5) is 0 Å². The molecule has 1 aromatic carbocycles. The Labute approximate surface area is 188 Å². The van der Waals surface area contributed by atoms with Crippen molar-refractivity contribution < 1.29 is 4.42 Å². The minimum atomic E-state index is -0.0178. The van der Waals surface area contributed by atoms with Crippen molar-refractivity contribution in [3.63, 3.8) is 0 Å². The molecule has 2 aliphatic rings. The Morgan fingerprint density at radius 3 is 2.48 bits per heavy atom. The molecule has 0 bridgehead atoms. The van der Waals surface area contributed by atoms with E-state index >= 15 is 0 Å². The van der Waals surface area contributed by atoms with Gasteiger partial charge in [-0.1, -0.05) is 43.0 Å². The number of hydrogen-bond acceptors (Lipinski definition) is 6. The lowest BCUT2D eigenvalue weighted by Gasteiger charge is -2.43. The van der Waals surface area contributed by atoms with Gasteiger partial charge in [0, 0.05) is 37.2 Å². The van der Waals surface area contributed by atoms with E-state index in [0.717, 1.165) is 54.4 Å². The third kappa shape index (κ3) is 4.68. The monoisotopic (exact) mass is 440 g/mol. The van der Waals surface area contributed by atoms with Gasteiger partial charge in [0.1, 0.15) is 12.3 Å². The molecule has 1 atom stereocenters. The zero-order valence-corrected chi connectivity index (χ0v) is 18.5. The van der Waals surface area contributed by atoms with Gasteiger partial charge < -0.3 is 4.42 Å². The van der Waals surface area contributed by atoms with Gasteiger partial charge in [-0.25, -0.2) is 4.68 Å². The Morgan fingerprint density at radius 1 is 1.00 bits per heavy atom. The molecule has 3 heterocycles. The third-order valence-corrected chi connectivity index (χ3v) is 6.93. The summed E-state index contributed by atoms with van der Waals surface area (Å²) in [6.07, 6.45) is 8.53. The van der Waals surface area contributed by atoms with E-state index in [2.05, 4.69) is 37.5 Å². The Bertz CT molecular complexity index is 943. The quantitative estimate of drug-likeness (QED) is 0.577. The number of nitrogens with zero attached hydrogens (tertiary/aromatic N) is 6. The fourth-order valence-electron chi connectivity index (χ4n) is 5.05. The van der Waals surface area contributed by atoms with Gasteiger partial charge in [-0.3, -0.25) is 9.80 Å². The third-order valence-electron chi connectivity index (χ3n) is 6.68. The predicted molar refractivity (Wildman–Crippen MR) is 119 cm³/mol. The lowest BCUT2D eigenvalue weighted by Crippen LogP contribution is -2.52. The zero-order chi connectivity index (χ0) is 21.0. The smallest absolute Gasteiger partial charge is 0.173 e. The normalized spacial score (nSPS) is 20.2. The Hall–Kier alpha value is -2.22. The number of halogens is 1. The SMILES string of the molecule is Clc1ccc([C@H](c2nnnn2Cc2ccco2)N2CCN(C3CCCCC3)CC2)cc1. The molecule has 164 valence electrons. The standard InChI is InChI=1S/C23H29ClN6O/c24-19-10-8-18(9-11-19)22(23-25-26-27-30(23)17-21-7-4-16-31-21)29-14-12-28(13-15-29)20-5-2-1-3-6-20/h4,7-11,16,20,22H,1-3,5-6,12-15,17H2/t22-/m1/s1. The van der Waals surface area contributed by atoms with Crippen molar-refractivity contribution in [2.75, 3.05) is 26.2 Å². The van der Waals surface area contributed by atoms with Gasteiger partial charge in [0.05, 0.1) is 12.3 Å². The van der Waals surface area contributed by atoms with Crippen LogP contribution in [0.3, 0.4) is 0 Å². The van der Waals surface area contributed by atoms with E-state index in [1.165, 1.54) is 32.1 Å². The Kier molecular flexibility index (Phi) is 6.34. The van der Waals surface area contributed by atoms with Gasteiger partial charge in [0.25, 0.3) is 0 Å². The van der Waals surface area contributed by atoms with Gasteiger partial charge in [-0.2, -0.15) is 0 Å². The summed E-state index contributed by atoms with van der Waals surface area (Å²) in [5.41, 5.74) is 1.16. The van der Waals surface area contributed by atoms with Crippen molar-refractivity contribution in [3.8, 4) is 0 Å². The molecule has 1 aliphatic heterocycles. The number of aromatic nitrogens is 4. The molecular weight excluding hydrogens is 412 g/mol. The lowest BCUT2D eigenvalue weighted by atomic mass is 9.93. The van der Waals surface area contributed by atoms with Crippen LogP contribution in [0.1, 0.15) is 55.3 Å². The van der Waals surface area contributed by atoms with Crippen LogP contribution < -0.4 is 0 Å². The summed E-state index contributed by atoms with van der Waals surface area (Å²) in [4.78, 5) is 5.20. The number of piperazine rings is 1. The van der Waals surface area contributed by atoms with E-state index in [1.807, 2.05) is 28.9 Å². The zero-order valence-electron chi connectivity index (χ0n) is 17.7. The second-order valence-corrected chi connectivity index (χ2v) is 9.03. The van der Waals surface area contributed by atoms with Crippen LogP contribution in [-0.4, -0.2) is 62.2 Å². The van der Waals surface area contributed by atoms with Crippen LogP contribution in [0.25, 0.3) is 0 Å². The van der Waals surface area contributed by atoms with E-state index in [1.54, 1.807) is 6.26 Å². The average molecular weight is 441 g/mol. The van der Waals surface area contributed by atoms with E-state index < -0.39 is 0 Å². The van der Waals surface area contributed by atoms with Crippen molar-refractivity contribution in [2.45, 2.75) is 50.7 Å². The Morgan fingerprint density at radius 2 is 1.77 bits per heavy atom. The fraction of sp³-hybridized carbons (Fsp3) is 0.522. The highest BCUT2D eigenvalue weighted by molar-refractivity contribution is 6.30. The molecule has 8 heteroatoms. The summed E-state index contributed by atoms with van der Waals surface area (Å²) >= 11 is 6.18.